The van der Waals surface area contributed by atoms with Gasteiger partial charge < -0.3 is 20.4 Å². The van der Waals surface area contributed by atoms with Gasteiger partial charge >= 0.3 is 0 Å². The Kier molecular flexibility index (Phi) is 5.65. The maximum Gasteiger partial charge on any atom is 0.255 e. The van der Waals surface area contributed by atoms with Gasteiger partial charge in [0.2, 0.25) is 5.88 Å². The molecule has 0 saturated heterocycles. The van der Waals surface area contributed by atoms with Crippen LogP contribution in [0.1, 0.15) is 27.2 Å². The highest BCUT2D eigenvalue weighted by Crippen LogP contribution is 2.37. The quantitative estimate of drug-likeness (QED) is 0.452. The molecule has 3 heterocycles. The Morgan fingerprint density at radius 3 is 2.52 bits per heavy atom. The Morgan fingerprint density at radius 2 is 1.94 bits per heavy atom. The monoisotopic (exact) mass is 443 g/mol. The number of carbonyl (C=O) groups excluding carboxylic acids is 1. The molecule has 0 bridgehead atoms. The minimum absolute atomic E-state index is 0.131. The lowest BCUT2D eigenvalue weighted by atomic mass is 9.59. The van der Waals surface area contributed by atoms with Gasteiger partial charge in [0.05, 0.1) is 40.6 Å². The second kappa shape index (κ2) is 8.31. The van der Waals surface area contributed by atoms with Gasteiger partial charge in [0.1, 0.15) is 17.3 Å². The van der Waals surface area contributed by atoms with Crippen molar-refractivity contribution in [1.29, 1.82) is 5.41 Å². The van der Waals surface area contributed by atoms with Crippen LogP contribution in [0.2, 0.25) is 0 Å². The number of fused-ring (bicyclic) bond motifs is 1. The molecule has 1 aliphatic rings. The molecule has 1 amide bonds. The second-order valence-corrected chi connectivity index (χ2v) is 7.40. The number of amides is 1. The zero-order valence-electron chi connectivity index (χ0n) is 17.8. The molecular weight excluding hydrogens is 426 g/mol. The molecule has 0 unspecified atom stereocenters. The third kappa shape index (κ3) is 3.53. The summed E-state index contributed by atoms with van der Waals surface area (Å²) in [5.41, 5.74) is 1.15. The minimum atomic E-state index is -1.82. The van der Waals surface area contributed by atoms with E-state index in [0.29, 0.717) is 16.8 Å². The number of ether oxygens (including phenoxy) is 1. The highest BCUT2D eigenvalue weighted by molar-refractivity contribution is 6.42. The van der Waals surface area contributed by atoms with Crippen LogP contribution in [0.15, 0.2) is 36.7 Å². The lowest BCUT2D eigenvalue weighted by Crippen LogP contribution is -2.45. The zero-order chi connectivity index (χ0) is 23.9. The van der Waals surface area contributed by atoms with E-state index >= 15 is 8.78 Å². The van der Waals surface area contributed by atoms with Crippen LogP contribution in [-0.2, 0) is 11.9 Å². The van der Waals surface area contributed by atoms with Gasteiger partial charge in [0, 0.05) is 47.7 Å². The molecule has 0 fully saturated rings. The molecule has 0 atom stereocenters. The van der Waals surface area contributed by atoms with Crippen molar-refractivity contribution in [3.63, 3.8) is 0 Å². The number of methoxy groups -OCH3 is 1. The van der Waals surface area contributed by atoms with Crippen LogP contribution in [-0.4, -0.2) is 56.8 Å². The van der Waals surface area contributed by atoms with Gasteiger partial charge in [-0.05, 0) is 29.8 Å². The summed E-state index contributed by atoms with van der Waals surface area (Å²) in [5.74, 6) is -2.15. The van der Waals surface area contributed by atoms with Gasteiger partial charge in [0.25, 0.3) is 5.91 Å². The van der Waals surface area contributed by atoms with Crippen LogP contribution in [0, 0.1) is 17.0 Å². The first-order valence-electron chi connectivity index (χ1n) is 9.83. The number of aromatic nitrogens is 2. The fourth-order valence-corrected chi connectivity index (χ4v) is 3.89. The van der Waals surface area contributed by atoms with Crippen LogP contribution >= 0.6 is 0 Å². The molecule has 162 valence electrons. The van der Waals surface area contributed by atoms with Gasteiger partial charge in [-0.25, -0.2) is 13.8 Å². The third-order valence-corrected chi connectivity index (χ3v) is 5.55. The van der Waals surface area contributed by atoms with E-state index in [-0.39, 0.29) is 28.3 Å². The number of nitrogens with one attached hydrogen (secondary N) is 2. The minimum Gasteiger partial charge on any atom is -0.480 e. The summed E-state index contributed by atoms with van der Waals surface area (Å²) in [6.07, 6.45) is 3.84. The molecule has 1 aromatic carbocycles. The summed E-state index contributed by atoms with van der Waals surface area (Å²) in [6, 6.07) is 5.27. The summed E-state index contributed by atoms with van der Waals surface area (Å²) in [6.45, 7) is -0.500. The molecule has 1 aliphatic heterocycles. The van der Waals surface area contributed by atoms with Crippen molar-refractivity contribution >= 4 is 33.5 Å². The number of nitrogens with zero attached hydrogens (tertiary/aromatic N) is 3. The topological polar surface area (TPSA) is 91.2 Å². The summed E-state index contributed by atoms with van der Waals surface area (Å²) in [7, 11) is 15.3. The number of hydrogen-bond donors (Lipinski definition) is 2. The Morgan fingerprint density at radius 1 is 1.24 bits per heavy atom. The molecule has 0 saturated carbocycles. The molecule has 11 heteroatoms. The standard InChI is InChI=1S/C22H17B2F2N5O2/c1-28-18-13(8-27)14(9-30-20(18)33-2)11-6-16(25)15(17(26)7-11)10-31-21(32)12-4-3-5-29-19(12)22(31,23)24/h3-9,27-28H,10H2,1-2H3. The van der Waals surface area contributed by atoms with Gasteiger partial charge in [-0.2, -0.15) is 0 Å². The SMILES string of the molecule is [B]C1([B])c2ncccc2C(=O)N1Cc1c(F)cc(-c2cnc(OC)c(NC)c2C=N)cc1F. The largest absolute Gasteiger partial charge is 0.480 e. The van der Waals surface area contributed by atoms with E-state index in [9.17, 15) is 4.79 Å². The Labute approximate surface area is 191 Å². The number of carbonyl (C=O) groups is 1. The van der Waals surface area contributed by atoms with E-state index in [1.54, 1.807) is 13.1 Å². The Balaban J connectivity index is 1.75. The van der Waals surface area contributed by atoms with E-state index in [1.165, 1.54) is 25.6 Å². The van der Waals surface area contributed by atoms with Crippen molar-refractivity contribution in [2.24, 2.45) is 0 Å². The first-order chi connectivity index (χ1) is 15.7. The molecule has 4 rings (SSSR count). The number of rotatable bonds is 6. The Hall–Kier alpha value is -3.75. The molecule has 2 aromatic heterocycles. The van der Waals surface area contributed by atoms with Crippen LogP contribution in [0.3, 0.4) is 0 Å². The fraction of sp³-hybridized carbons (Fsp3) is 0.182. The first-order valence-corrected chi connectivity index (χ1v) is 9.83. The molecular formula is C22H17B2F2N5O2. The summed E-state index contributed by atoms with van der Waals surface area (Å²) >= 11 is 0. The number of hydrogen-bond acceptors (Lipinski definition) is 6. The van der Waals surface area contributed by atoms with Crippen molar-refractivity contribution in [1.82, 2.24) is 14.9 Å². The molecule has 3 aromatic rings. The fourth-order valence-electron chi connectivity index (χ4n) is 3.89. The molecule has 7 nitrogen and oxygen atoms in total. The van der Waals surface area contributed by atoms with Gasteiger partial charge in [0.15, 0.2) is 0 Å². The average molecular weight is 443 g/mol. The van der Waals surface area contributed by atoms with Crippen molar-refractivity contribution in [2.75, 3.05) is 19.5 Å². The van der Waals surface area contributed by atoms with Gasteiger partial charge in [-0.15, -0.1) is 0 Å². The van der Waals surface area contributed by atoms with E-state index in [0.717, 1.165) is 23.2 Å². The van der Waals surface area contributed by atoms with Crippen molar-refractivity contribution in [2.45, 2.75) is 11.9 Å². The first kappa shape index (κ1) is 22.4. The third-order valence-electron chi connectivity index (χ3n) is 5.55. The van der Waals surface area contributed by atoms with E-state index in [2.05, 4.69) is 15.3 Å². The predicted molar refractivity (Wildman–Crippen MR) is 121 cm³/mol. The van der Waals surface area contributed by atoms with E-state index in [1.807, 2.05) is 0 Å². The average Bonchev–Trinajstić information content (AvgIpc) is 3.00. The lowest BCUT2D eigenvalue weighted by molar-refractivity contribution is 0.0727. The van der Waals surface area contributed by atoms with Crippen LogP contribution in [0.4, 0.5) is 14.5 Å². The molecule has 2 N–H and O–H groups in total. The summed E-state index contributed by atoms with van der Waals surface area (Å²) in [5, 5.41) is 8.83. The van der Waals surface area contributed by atoms with Gasteiger partial charge in [-0.3, -0.25) is 9.78 Å². The lowest BCUT2D eigenvalue weighted by Gasteiger charge is -2.33. The van der Waals surface area contributed by atoms with E-state index < -0.39 is 29.4 Å². The van der Waals surface area contributed by atoms with Crippen LogP contribution < -0.4 is 10.1 Å². The smallest absolute Gasteiger partial charge is 0.255 e. The summed E-state index contributed by atoms with van der Waals surface area (Å²) < 4.78 is 35.4. The van der Waals surface area contributed by atoms with Gasteiger partial charge in [-0.1, -0.05) is 0 Å². The number of pyridine rings is 2. The maximum atomic E-state index is 15.1. The highest BCUT2D eigenvalue weighted by atomic mass is 19.1. The van der Waals surface area contributed by atoms with Crippen LogP contribution in [0.5, 0.6) is 5.88 Å². The normalized spacial score (nSPS) is 14.2. The Bertz CT molecular complexity index is 1260. The second-order valence-electron chi connectivity index (χ2n) is 7.40. The molecule has 0 aliphatic carbocycles. The molecule has 4 radical (unpaired) electrons. The zero-order valence-corrected chi connectivity index (χ0v) is 17.8. The predicted octanol–water partition coefficient (Wildman–Crippen LogP) is 2.57. The number of anilines is 1. The molecule has 33 heavy (non-hydrogen) atoms. The number of halogens is 2. The maximum absolute atomic E-state index is 15.1. The van der Waals surface area contributed by atoms with Crippen molar-refractivity contribution in [3.8, 4) is 17.0 Å². The van der Waals surface area contributed by atoms with Crippen molar-refractivity contribution < 1.29 is 18.3 Å². The van der Waals surface area contributed by atoms with Crippen molar-refractivity contribution in [3.05, 3.63) is 70.7 Å². The molecule has 0 spiro atoms. The summed E-state index contributed by atoms with van der Waals surface area (Å²) in [4.78, 5) is 21.9. The highest BCUT2D eigenvalue weighted by Gasteiger charge is 2.43. The number of benzene rings is 1. The van der Waals surface area contributed by atoms with Crippen LogP contribution in [0.25, 0.3) is 11.1 Å². The van der Waals surface area contributed by atoms with E-state index in [4.69, 9.17) is 25.8 Å².